The van der Waals surface area contributed by atoms with E-state index in [2.05, 4.69) is 58.8 Å². The van der Waals surface area contributed by atoms with Crippen LogP contribution in [-0.2, 0) is 4.79 Å². The predicted molar refractivity (Wildman–Crippen MR) is 120 cm³/mol. The third-order valence-electron chi connectivity index (χ3n) is 6.12. The van der Waals surface area contributed by atoms with E-state index >= 15 is 0 Å². The van der Waals surface area contributed by atoms with E-state index in [1.807, 2.05) is 34.1 Å². The lowest BCUT2D eigenvalue weighted by Crippen LogP contribution is -2.54. The van der Waals surface area contributed by atoms with Crippen LogP contribution in [-0.4, -0.2) is 53.8 Å². The highest BCUT2D eigenvalue weighted by atomic mass is 79.9. The summed E-state index contributed by atoms with van der Waals surface area (Å²) in [5, 5.41) is 0. The monoisotopic (exact) mass is 470 g/mol. The Morgan fingerprint density at radius 3 is 2.33 bits per heavy atom. The minimum absolute atomic E-state index is 0.00466. The van der Waals surface area contributed by atoms with Gasteiger partial charge in [-0.15, -0.1) is 0 Å². The summed E-state index contributed by atoms with van der Waals surface area (Å²) in [5.41, 5.74) is 10.8. The number of carbonyl (C=O) groups is 2. The quantitative estimate of drug-likeness (QED) is 0.723. The molecule has 0 saturated carbocycles. The van der Waals surface area contributed by atoms with Crippen molar-refractivity contribution in [1.29, 1.82) is 0 Å². The molecule has 2 saturated heterocycles. The normalized spacial score (nSPS) is 21.7. The maximum atomic E-state index is 13.0. The minimum atomic E-state index is -0.248. The average molecular weight is 471 g/mol. The zero-order valence-corrected chi connectivity index (χ0v) is 18.9. The Kier molecular flexibility index (Phi) is 6.22. The molecule has 2 aliphatic rings. The van der Waals surface area contributed by atoms with Gasteiger partial charge in [0.05, 0.1) is 5.56 Å². The van der Waals surface area contributed by atoms with E-state index in [0.717, 1.165) is 10.9 Å². The Hall–Kier alpha value is -2.22. The Morgan fingerprint density at radius 2 is 1.63 bits per heavy atom. The van der Waals surface area contributed by atoms with Crippen LogP contribution < -0.4 is 10.9 Å². The molecule has 0 spiro atoms. The maximum absolute atomic E-state index is 13.0. The van der Waals surface area contributed by atoms with Crippen molar-refractivity contribution in [3.8, 4) is 0 Å². The molecule has 30 heavy (non-hydrogen) atoms. The summed E-state index contributed by atoms with van der Waals surface area (Å²) in [5.74, 6) is 0.104. The Bertz CT molecular complexity index is 956. The number of halogens is 1. The molecule has 0 aromatic heterocycles. The highest BCUT2D eigenvalue weighted by Gasteiger charge is 2.35. The van der Waals surface area contributed by atoms with Gasteiger partial charge >= 0.3 is 0 Å². The summed E-state index contributed by atoms with van der Waals surface area (Å²) in [6, 6.07) is 13.8. The number of carbonyl (C=O) groups excluding carboxylic acids is 2. The molecule has 2 unspecified atom stereocenters. The molecular weight excluding hydrogens is 444 g/mol. The molecule has 2 aromatic rings. The van der Waals surface area contributed by atoms with E-state index in [9.17, 15) is 9.59 Å². The molecule has 2 aromatic carbocycles. The Morgan fingerprint density at radius 1 is 0.933 bits per heavy atom. The Balaban J connectivity index is 1.33. The largest absolute Gasteiger partial charge is 0.338 e. The predicted octanol–water partition coefficient (Wildman–Crippen LogP) is 2.96. The molecule has 0 aliphatic carbocycles. The van der Waals surface area contributed by atoms with Crippen molar-refractivity contribution < 1.29 is 9.59 Å². The van der Waals surface area contributed by atoms with Crippen molar-refractivity contribution in [3.63, 3.8) is 0 Å². The van der Waals surface area contributed by atoms with Crippen LogP contribution >= 0.6 is 15.9 Å². The second kappa shape index (κ2) is 8.88. The van der Waals surface area contributed by atoms with Crippen molar-refractivity contribution in [1.82, 2.24) is 20.7 Å². The lowest BCUT2D eigenvalue weighted by Gasteiger charge is -2.36. The first-order chi connectivity index (χ1) is 14.4. The van der Waals surface area contributed by atoms with Crippen LogP contribution in [0.2, 0.25) is 0 Å². The number of rotatable bonds is 3. The van der Waals surface area contributed by atoms with Crippen LogP contribution in [0, 0.1) is 13.8 Å². The van der Waals surface area contributed by atoms with Gasteiger partial charge in [0.2, 0.25) is 5.91 Å². The molecule has 2 aliphatic heterocycles. The van der Waals surface area contributed by atoms with Gasteiger partial charge in [-0.05, 0) is 65.0 Å². The fraction of sp³-hybridized carbons (Fsp3) is 0.391. The molecule has 2 fully saturated rings. The smallest absolute Gasteiger partial charge is 0.255 e. The number of hydrazine groups is 1. The number of nitrogens with one attached hydrogen (secondary N) is 2. The third kappa shape index (κ3) is 4.29. The summed E-state index contributed by atoms with van der Waals surface area (Å²) in [6.45, 7) is 6.42. The van der Waals surface area contributed by atoms with E-state index < -0.39 is 0 Å². The number of piperazine rings is 1. The molecule has 4 rings (SSSR count). The Labute approximate surface area is 185 Å². The highest BCUT2D eigenvalue weighted by molar-refractivity contribution is 9.10. The lowest BCUT2D eigenvalue weighted by atomic mass is 9.98. The topological polar surface area (TPSA) is 64.7 Å². The fourth-order valence-electron chi connectivity index (χ4n) is 4.07. The third-order valence-corrected chi connectivity index (χ3v) is 6.81. The van der Waals surface area contributed by atoms with Crippen LogP contribution in [0.5, 0.6) is 0 Å². The average Bonchev–Trinajstić information content (AvgIpc) is 3.25. The second-order valence-electron chi connectivity index (χ2n) is 8.07. The van der Waals surface area contributed by atoms with E-state index in [0.29, 0.717) is 31.7 Å². The van der Waals surface area contributed by atoms with Crippen molar-refractivity contribution in [2.75, 3.05) is 26.2 Å². The van der Waals surface area contributed by atoms with Gasteiger partial charge in [-0.2, -0.15) is 0 Å². The minimum Gasteiger partial charge on any atom is -0.338 e. The number of hydrogen-bond donors (Lipinski definition) is 2. The van der Waals surface area contributed by atoms with Crippen LogP contribution in [0.3, 0.4) is 0 Å². The maximum Gasteiger partial charge on any atom is 0.255 e. The number of benzene rings is 2. The highest BCUT2D eigenvalue weighted by Crippen LogP contribution is 2.25. The first-order valence-corrected chi connectivity index (χ1v) is 11.1. The van der Waals surface area contributed by atoms with Crippen LogP contribution in [0.15, 0.2) is 46.9 Å². The first-order valence-electron chi connectivity index (χ1n) is 10.3. The van der Waals surface area contributed by atoms with E-state index in [1.165, 1.54) is 16.7 Å². The molecule has 2 amide bonds. The van der Waals surface area contributed by atoms with Crippen LogP contribution in [0.4, 0.5) is 0 Å². The zero-order chi connectivity index (χ0) is 21.3. The summed E-state index contributed by atoms with van der Waals surface area (Å²) in [7, 11) is 0. The van der Waals surface area contributed by atoms with E-state index in [-0.39, 0.29) is 23.9 Å². The second-order valence-corrected chi connectivity index (χ2v) is 8.92. The summed E-state index contributed by atoms with van der Waals surface area (Å²) >= 11 is 3.45. The van der Waals surface area contributed by atoms with Crippen molar-refractivity contribution >= 4 is 27.7 Å². The molecule has 2 atom stereocenters. The van der Waals surface area contributed by atoms with Gasteiger partial charge in [-0.1, -0.05) is 30.3 Å². The van der Waals surface area contributed by atoms with Gasteiger partial charge in [0.25, 0.3) is 5.91 Å². The molecule has 2 heterocycles. The van der Waals surface area contributed by atoms with Gasteiger partial charge in [0.1, 0.15) is 6.04 Å². The number of nitrogens with zero attached hydrogens (tertiary/aromatic N) is 2. The molecule has 6 nitrogen and oxygen atoms in total. The molecule has 2 N–H and O–H groups in total. The summed E-state index contributed by atoms with van der Waals surface area (Å²) < 4.78 is 0.798. The lowest BCUT2D eigenvalue weighted by molar-refractivity contribution is -0.134. The standard InChI is InChI=1S/C23H27BrN4O2/c1-15-7-8-17(13-16(15)2)20-14-21(26-25-20)23(30)28-11-9-27(10-12-28)22(29)18-5-3-4-6-19(18)24/h3-8,13,20-21,25-26H,9-12,14H2,1-2H3. The molecule has 0 radical (unpaired) electrons. The molecular formula is C23H27BrN4O2. The number of aryl methyl sites for hydroxylation is 2. The van der Waals surface area contributed by atoms with Gasteiger partial charge in [0.15, 0.2) is 0 Å². The van der Waals surface area contributed by atoms with Gasteiger partial charge < -0.3 is 9.80 Å². The zero-order valence-electron chi connectivity index (χ0n) is 17.3. The molecule has 7 heteroatoms. The van der Waals surface area contributed by atoms with Gasteiger partial charge in [0, 0.05) is 36.7 Å². The SMILES string of the molecule is Cc1ccc(C2CC(C(=O)N3CCN(C(=O)c4ccccc4Br)CC3)NN2)cc1C. The molecule has 158 valence electrons. The van der Waals surface area contributed by atoms with Gasteiger partial charge in [-0.25, -0.2) is 10.9 Å². The van der Waals surface area contributed by atoms with Crippen molar-refractivity contribution in [2.45, 2.75) is 32.4 Å². The number of hydrogen-bond acceptors (Lipinski definition) is 4. The van der Waals surface area contributed by atoms with Crippen LogP contribution in [0.25, 0.3) is 0 Å². The van der Waals surface area contributed by atoms with Crippen molar-refractivity contribution in [3.05, 3.63) is 69.2 Å². The van der Waals surface area contributed by atoms with E-state index in [1.54, 1.807) is 0 Å². The van der Waals surface area contributed by atoms with Crippen LogP contribution in [0.1, 0.15) is 39.5 Å². The number of amides is 2. The summed E-state index contributed by atoms with van der Waals surface area (Å²) in [6.07, 6.45) is 0.720. The van der Waals surface area contributed by atoms with E-state index in [4.69, 9.17) is 0 Å². The first kappa shape index (κ1) is 21.0. The fourth-order valence-corrected chi connectivity index (χ4v) is 4.53. The molecule has 0 bridgehead atoms. The summed E-state index contributed by atoms with van der Waals surface area (Å²) in [4.78, 5) is 29.5. The van der Waals surface area contributed by atoms with Gasteiger partial charge in [-0.3, -0.25) is 9.59 Å². The van der Waals surface area contributed by atoms with Crippen molar-refractivity contribution in [2.24, 2.45) is 0 Å².